The number of amides is 2. The average Bonchev–Trinajstić information content (AvgIpc) is 3.23. The van der Waals surface area contributed by atoms with E-state index in [2.05, 4.69) is 38.8 Å². The number of hydrogen-bond acceptors (Lipinski definition) is 5. The molecule has 3 aromatic carbocycles. The van der Waals surface area contributed by atoms with Gasteiger partial charge >= 0.3 is 0 Å². The van der Waals surface area contributed by atoms with Crippen molar-refractivity contribution in [2.24, 2.45) is 5.92 Å². The van der Waals surface area contributed by atoms with Crippen LogP contribution in [0.1, 0.15) is 29.2 Å². The maximum atomic E-state index is 12.9. The molecule has 1 aliphatic heterocycles. The smallest absolute Gasteiger partial charge is 0.229 e. The molecule has 36 heavy (non-hydrogen) atoms. The molecule has 5 rings (SSSR count). The molecule has 1 aromatic heterocycles. The third kappa shape index (κ3) is 5.35. The van der Waals surface area contributed by atoms with Gasteiger partial charge in [-0.1, -0.05) is 42.5 Å². The molecule has 2 N–H and O–H groups in total. The van der Waals surface area contributed by atoms with Crippen molar-refractivity contribution in [1.82, 2.24) is 14.9 Å². The molecule has 7 nitrogen and oxygen atoms in total. The number of aryl methyl sites for hydroxylation is 2. The van der Waals surface area contributed by atoms with E-state index in [1.807, 2.05) is 68.4 Å². The van der Waals surface area contributed by atoms with Crippen molar-refractivity contribution in [1.29, 1.82) is 0 Å². The van der Waals surface area contributed by atoms with Crippen molar-refractivity contribution in [3.63, 3.8) is 0 Å². The third-order valence-corrected chi connectivity index (χ3v) is 6.46. The summed E-state index contributed by atoms with van der Waals surface area (Å²) in [4.78, 5) is 36.3. The number of nitrogens with zero attached hydrogens (tertiary/aromatic N) is 3. The summed E-state index contributed by atoms with van der Waals surface area (Å²) in [6.07, 6.45) is 0.228. The van der Waals surface area contributed by atoms with E-state index in [9.17, 15) is 9.59 Å². The lowest BCUT2D eigenvalue weighted by Gasteiger charge is -2.18. The molecule has 1 aliphatic rings. The quantitative estimate of drug-likeness (QED) is 0.396. The lowest BCUT2D eigenvalue weighted by atomic mass is 10.0. The molecule has 0 spiro atoms. The second kappa shape index (κ2) is 10.2. The number of nitrogens with one attached hydrogen (secondary N) is 2. The minimum absolute atomic E-state index is 0.0104. The molecular formula is C29H29N5O2. The molecule has 1 unspecified atom stereocenters. The number of likely N-dealkylation sites (tertiary alicyclic amines) is 1. The van der Waals surface area contributed by atoms with Gasteiger partial charge in [-0.05, 0) is 60.5 Å². The molecule has 0 bridgehead atoms. The highest BCUT2D eigenvalue weighted by molar-refractivity contribution is 5.97. The van der Waals surface area contributed by atoms with Crippen LogP contribution in [0.5, 0.6) is 0 Å². The molecule has 2 amide bonds. The fourth-order valence-electron chi connectivity index (χ4n) is 4.71. The molecule has 4 aromatic rings. The highest BCUT2D eigenvalue weighted by Gasteiger charge is 2.34. The standard InChI is InChI=1S/C29H29N5O2/c1-19-14-20(2)32-27(31-19)16-30-24-10-12-25(13-11-24)33-29(36)23-15-28(35)34(18-23)17-22-8-5-7-21-6-3-4-9-26(21)22/h3-14,23,30H,15-18H2,1-2H3,(H,33,36). The number of aromatic nitrogens is 2. The molecule has 0 aliphatic carbocycles. The number of hydrogen-bond donors (Lipinski definition) is 2. The third-order valence-electron chi connectivity index (χ3n) is 6.46. The van der Waals surface area contributed by atoms with Crippen molar-refractivity contribution in [2.75, 3.05) is 17.2 Å². The van der Waals surface area contributed by atoms with E-state index in [4.69, 9.17) is 0 Å². The second-order valence-corrected chi connectivity index (χ2v) is 9.30. The summed E-state index contributed by atoms with van der Waals surface area (Å²) in [5.41, 5.74) is 4.59. The van der Waals surface area contributed by atoms with Gasteiger partial charge in [0.15, 0.2) is 0 Å². The Kier molecular flexibility index (Phi) is 6.62. The Morgan fingerprint density at radius 3 is 2.42 bits per heavy atom. The van der Waals surface area contributed by atoms with E-state index in [1.54, 1.807) is 4.90 Å². The Hall–Kier alpha value is -4.26. The van der Waals surface area contributed by atoms with Crippen LogP contribution in [0.2, 0.25) is 0 Å². The first-order chi connectivity index (χ1) is 17.4. The molecule has 1 saturated heterocycles. The predicted octanol–water partition coefficient (Wildman–Crippen LogP) is 4.85. The van der Waals surface area contributed by atoms with Gasteiger partial charge in [-0.25, -0.2) is 9.97 Å². The Morgan fingerprint density at radius 1 is 0.944 bits per heavy atom. The van der Waals surface area contributed by atoms with E-state index in [0.29, 0.717) is 25.3 Å². The van der Waals surface area contributed by atoms with Crippen LogP contribution in [0.25, 0.3) is 10.8 Å². The Labute approximate surface area is 210 Å². The summed E-state index contributed by atoms with van der Waals surface area (Å²) in [5.74, 6) is 0.250. The first-order valence-electron chi connectivity index (χ1n) is 12.1. The lowest BCUT2D eigenvalue weighted by Crippen LogP contribution is -2.28. The number of rotatable bonds is 7. The summed E-state index contributed by atoms with van der Waals surface area (Å²) < 4.78 is 0. The van der Waals surface area contributed by atoms with E-state index >= 15 is 0 Å². The number of fused-ring (bicyclic) bond motifs is 1. The zero-order valence-corrected chi connectivity index (χ0v) is 20.5. The average molecular weight is 480 g/mol. The summed E-state index contributed by atoms with van der Waals surface area (Å²) in [6, 6.07) is 23.8. The molecule has 2 heterocycles. The second-order valence-electron chi connectivity index (χ2n) is 9.30. The number of carbonyl (C=O) groups excluding carboxylic acids is 2. The normalized spacial score (nSPS) is 15.3. The molecule has 1 atom stereocenters. The van der Waals surface area contributed by atoms with Crippen LogP contribution in [-0.4, -0.2) is 33.2 Å². The number of benzene rings is 3. The van der Waals surface area contributed by atoms with Crippen LogP contribution in [0.4, 0.5) is 11.4 Å². The van der Waals surface area contributed by atoms with Crippen molar-refractivity contribution in [3.05, 3.63) is 95.6 Å². The van der Waals surface area contributed by atoms with Gasteiger partial charge in [0.1, 0.15) is 5.82 Å². The maximum absolute atomic E-state index is 12.9. The van der Waals surface area contributed by atoms with Gasteiger partial charge in [0.05, 0.1) is 12.5 Å². The highest BCUT2D eigenvalue weighted by atomic mass is 16.2. The molecular weight excluding hydrogens is 450 g/mol. The zero-order valence-electron chi connectivity index (χ0n) is 20.5. The lowest BCUT2D eigenvalue weighted by molar-refractivity contribution is -0.128. The maximum Gasteiger partial charge on any atom is 0.229 e. The van der Waals surface area contributed by atoms with Crippen LogP contribution < -0.4 is 10.6 Å². The van der Waals surface area contributed by atoms with Gasteiger partial charge in [0.2, 0.25) is 11.8 Å². The van der Waals surface area contributed by atoms with Crippen molar-refractivity contribution < 1.29 is 9.59 Å². The highest BCUT2D eigenvalue weighted by Crippen LogP contribution is 2.25. The van der Waals surface area contributed by atoms with Gasteiger partial charge < -0.3 is 15.5 Å². The van der Waals surface area contributed by atoms with Crippen LogP contribution >= 0.6 is 0 Å². The van der Waals surface area contributed by atoms with Crippen LogP contribution in [0, 0.1) is 19.8 Å². The first-order valence-corrected chi connectivity index (χ1v) is 12.1. The number of anilines is 2. The van der Waals surface area contributed by atoms with Crippen molar-refractivity contribution >= 4 is 34.0 Å². The van der Waals surface area contributed by atoms with Crippen molar-refractivity contribution in [2.45, 2.75) is 33.4 Å². The van der Waals surface area contributed by atoms with Crippen LogP contribution in [0.15, 0.2) is 72.8 Å². The molecule has 182 valence electrons. The predicted molar refractivity (Wildman–Crippen MR) is 141 cm³/mol. The molecule has 0 radical (unpaired) electrons. The first kappa shape index (κ1) is 23.5. The van der Waals surface area contributed by atoms with Gasteiger partial charge in [-0.2, -0.15) is 0 Å². The minimum atomic E-state index is -0.369. The fraction of sp³-hybridized carbons (Fsp3) is 0.241. The van der Waals surface area contributed by atoms with Gasteiger partial charge in [0.25, 0.3) is 0 Å². The van der Waals surface area contributed by atoms with Gasteiger partial charge in [-0.3, -0.25) is 9.59 Å². The van der Waals surface area contributed by atoms with Crippen LogP contribution in [-0.2, 0) is 22.7 Å². The molecule has 1 fully saturated rings. The van der Waals surface area contributed by atoms with Crippen molar-refractivity contribution in [3.8, 4) is 0 Å². The van der Waals surface area contributed by atoms with E-state index in [1.165, 1.54) is 0 Å². The largest absolute Gasteiger partial charge is 0.378 e. The summed E-state index contributed by atoms with van der Waals surface area (Å²) >= 11 is 0. The number of carbonyl (C=O) groups is 2. The monoisotopic (exact) mass is 479 g/mol. The Morgan fingerprint density at radius 2 is 1.64 bits per heavy atom. The summed E-state index contributed by atoms with van der Waals surface area (Å²) in [7, 11) is 0. The van der Waals surface area contributed by atoms with Crippen LogP contribution in [0.3, 0.4) is 0 Å². The van der Waals surface area contributed by atoms with Gasteiger partial charge in [-0.15, -0.1) is 0 Å². The Bertz CT molecular complexity index is 1390. The summed E-state index contributed by atoms with van der Waals surface area (Å²) in [5, 5.41) is 8.56. The Balaban J connectivity index is 1.17. The van der Waals surface area contributed by atoms with E-state index in [-0.39, 0.29) is 24.2 Å². The topological polar surface area (TPSA) is 87.2 Å². The van der Waals surface area contributed by atoms with E-state index in [0.717, 1.165) is 39.2 Å². The molecule has 0 saturated carbocycles. The minimum Gasteiger partial charge on any atom is -0.378 e. The fourth-order valence-corrected chi connectivity index (χ4v) is 4.71. The summed E-state index contributed by atoms with van der Waals surface area (Å²) in [6.45, 7) is 5.36. The van der Waals surface area contributed by atoms with E-state index < -0.39 is 0 Å². The molecule has 7 heteroatoms. The van der Waals surface area contributed by atoms with Gasteiger partial charge in [0, 0.05) is 42.3 Å². The SMILES string of the molecule is Cc1cc(C)nc(CNc2ccc(NC(=O)C3CC(=O)N(Cc4cccc5ccccc45)C3)cc2)n1. The zero-order chi connectivity index (χ0) is 25.1.